The maximum atomic E-state index is 6.68. The van der Waals surface area contributed by atoms with E-state index in [9.17, 15) is 0 Å². The van der Waals surface area contributed by atoms with Gasteiger partial charge in [-0.2, -0.15) is 0 Å². The highest BCUT2D eigenvalue weighted by Crippen LogP contribution is 1.65. The Kier molecular flexibility index (Phi) is 3.55. The lowest BCUT2D eigenvalue weighted by Crippen LogP contribution is -2.36. The molecule has 0 aromatic heterocycles. The van der Waals surface area contributed by atoms with E-state index in [0.29, 0.717) is 0 Å². The summed E-state index contributed by atoms with van der Waals surface area (Å²) in [4.78, 5) is 0. The van der Waals surface area contributed by atoms with Gasteiger partial charge in [-0.25, -0.2) is 5.43 Å². The van der Waals surface area contributed by atoms with E-state index in [2.05, 4.69) is 10.9 Å². The minimum atomic E-state index is 0.130. The van der Waals surface area contributed by atoms with Gasteiger partial charge < -0.3 is 5.41 Å². The van der Waals surface area contributed by atoms with Crippen LogP contribution in [-0.4, -0.2) is 19.3 Å². The maximum absolute atomic E-state index is 6.68. The topological polar surface area (TPSA) is 47.9 Å². The minimum absolute atomic E-state index is 0.130. The molecule has 0 aliphatic rings. The average molecular weight is 101 g/mol. The summed E-state index contributed by atoms with van der Waals surface area (Å²) < 4.78 is 0. The van der Waals surface area contributed by atoms with Gasteiger partial charge >= 0.3 is 0 Å². The van der Waals surface area contributed by atoms with E-state index in [1.807, 2.05) is 6.92 Å². The van der Waals surface area contributed by atoms with Crippen LogP contribution in [0.15, 0.2) is 0 Å². The molecule has 0 spiro atoms. The number of hydrogen-bond donors (Lipinski definition) is 3. The van der Waals surface area contributed by atoms with Crippen LogP contribution in [0.3, 0.4) is 0 Å². The van der Waals surface area contributed by atoms with E-state index < -0.39 is 0 Å². The third kappa shape index (κ3) is 3.42. The Bertz CT molecular complexity index is 52.9. The summed E-state index contributed by atoms with van der Waals surface area (Å²) in [5, 5.41) is 6.68. The van der Waals surface area contributed by atoms with Gasteiger partial charge in [0.1, 0.15) is 0 Å². The molecule has 42 valence electrons. The standard InChI is InChI=1S/C4H11N3/c1-4(3-5)7-6-2/h3-7H,1-2H3. The van der Waals surface area contributed by atoms with Gasteiger partial charge in [-0.3, -0.25) is 5.43 Å². The molecular weight excluding hydrogens is 90.1 g/mol. The molecule has 3 nitrogen and oxygen atoms in total. The summed E-state index contributed by atoms with van der Waals surface area (Å²) in [5.74, 6) is 0. The molecule has 0 aliphatic heterocycles. The Morgan fingerprint density at radius 3 is 2.43 bits per heavy atom. The molecule has 3 N–H and O–H groups in total. The van der Waals surface area contributed by atoms with Crippen molar-refractivity contribution in [1.29, 1.82) is 5.41 Å². The fraction of sp³-hybridized carbons (Fsp3) is 0.750. The Balaban J connectivity index is 2.98. The zero-order chi connectivity index (χ0) is 5.70. The monoisotopic (exact) mass is 101 g/mol. The Morgan fingerprint density at radius 1 is 1.71 bits per heavy atom. The maximum Gasteiger partial charge on any atom is 0.0529 e. The van der Waals surface area contributed by atoms with Crippen molar-refractivity contribution >= 4 is 6.21 Å². The average Bonchev–Trinajstić information content (AvgIpc) is 1.68. The van der Waals surface area contributed by atoms with Crippen molar-refractivity contribution in [1.82, 2.24) is 10.9 Å². The Morgan fingerprint density at radius 2 is 2.29 bits per heavy atom. The van der Waals surface area contributed by atoms with Gasteiger partial charge in [-0.05, 0) is 14.0 Å². The summed E-state index contributed by atoms with van der Waals surface area (Å²) in [6.45, 7) is 1.89. The summed E-state index contributed by atoms with van der Waals surface area (Å²) in [6, 6.07) is 0.130. The lowest BCUT2D eigenvalue weighted by molar-refractivity contribution is 0.576. The van der Waals surface area contributed by atoms with Gasteiger partial charge in [0.25, 0.3) is 0 Å². The van der Waals surface area contributed by atoms with Crippen LogP contribution in [0.2, 0.25) is 0 Å². The van der Waals surface area contributed by atoms with Crippen LogP contribution in [0.5, 0.6) is 0 Å². The molecule has 0 aromatic rings. The number of hydrogen-bond acceptors (Lipinski definition) is 3. The molecule has 1 atom stereocenters. The third-order valence-corrected chi connectivity index (χ3v) is 0.622. The van der Waals surface area contributed by atoms with Crippen LogP contribution in [0, 0.1) is 5.41 Å². The van der Waals surface area contributed by atoms with E-state index in [0.717, 1.165) is 0 Å². The molecule has 0 saturated heterocycles. The first kappa shape index (κ1) is 6.59. The molecule has 0 saturated carbocycles. The zero-order valence-electron chi connectivity index (χ0n) is 4.65. The first-order chi connectivity index (χ1) is 3.31. The van der Waals surface area contributed by atoms with E-state index in [4.69, 9.17) is 5.41 Å². The van der Waals surface area contributed by atoms with Crippen molar-refractivity contribution in [3.05, 3.63) is 0 Å². The highest BCUT2D eigenvalue weighted by Gasteiger charge is 1.87. The van der Waals surface area contributed by atoms with Crippen LogP contribution >= 0.6 is 0 Å². The molecule has 0 aromatic carbocycles. The van der Waals surface area contributed by atoms with Crippen molar-refractivity contribution in [2.45, 2.75) is 13.0 Å². The molecule has 0 rings (SSSR count). The van der Waals surface area contributed by atoms with Crippen LogP contribution in [-0.2, 0) is 0 Å². The largest absolute Gasteiger partial charge is 0.311 e. The molecule has 0 fully saturated rings. The molecule has 0 aliphatic carbocycles. The second-order valence-corrected chi connectivity index (χ2v) is 1.35. The van der Waals surface area contributed by atoms with E-state index in [-0.39, 0.29) is 6.04 Å². The SMILES string of the molecule is CNNC(C)C=N. The highest BCUT2D eigenvalue weighted by molar-refractivity contribution is 5.59. The van der Waals surface area contributed by atoms with Gasteiger partial charge in [0, 0.05) is 6.21 Å². The predicted molar refractivity (Wildman–Crippen MR) is 30.4 cm³/mol. The lowest BCUT2D eigenvalue weighted by atomic mass is 10.4. The van der Waals surface area contributed by atoms with E-state index in [1.165, 1.54) is 6.21 Å². The van der Waals surface area contributed by atoms with Crippen molar-refractivity contribution in [2.24, 2.45) is 0 Å². The smallest absolute Gasteiger partial charge is 0.0529 e. The molecule has 0 radical (unpaired) electrons. The minimum Gasteiger partial charge on any atom is -0.311 e. The number of rotatable bonds is 3. The molecule has 7 heavy (non-hydrogen) atoms. The number of hydrazine groups is 1. The van der Waals surface area contributed by atoms with Gasteiger partial charge in [0.05, 0.1) is 6.04 Å². The van der Waals surface area contributed by atoms with Gasteiger partial charge in [0.15, 0.2) is 0 Å². The normalized spacial score (nSPS) is 13.4. The quantitative estimate of drug-likeness (QED) is 0.339. The van der Waals surface area contributed by atoms with Crippen LogP contribution in [0.25, 0.3) is 0 Å². The number of nitrogens with one attached hydrogen (secondary N) is 3. The third-order valence-electron chi connectivity index (χ3n) is 0.622. The lowest BCUT2D eigenvalue weighted by Gasteiger charge is -2.03. The van der Waals surface area contributed by atoms with Gasteiger partial charge in [-0.1, -0.05) is 0 Å². The van der Waals surface area contributed by atoms with Crippen molar-refractivity contribution in [3.63, 3.8) is 0 Å². The van der Waals surface area contributed by atoms with E-state index >= 15 is 0 Å². The molecule has 0 bridgehead atoms. The van der Waals surface area contributed by atoms with Crippen molar-refractivity contribution in [3.8, 4) is 0 Å². The first-order valence-corrected chi connectivity index (χ1v) is 2.24. The fourth-order valence-corrected chi connectivity index (χ4v) is 0.269. The molecule has 0 heterocycles. The molecule has 3 heteroatoms. The van der Waals surface area contributed by atoms with E-state index in [1.54, 1.807) is 7.05 Å². The summed E-state index contributed by atoms with van der Waals surface area (Å²) in [5.41, 5.74) is 5.52. The van der Waals surface area contributed by atoms with Crippen LogP contribution in [0.4, 0.5) is 0 Å². The predicted octanol–water partition coefficient (Wildman–Crippen LogP) is -0.252. The molecular formula is C4H11N3. The van der Waals surface area contributed by atoms with Crippen LogP contribution < -0.4 is 10.9 Å². The fourth-order valence-electron chi connectivity index (χ4n) is 0.269. The molecule has 1 unspecified atom stereocenters. The second-order valence-electron chi connectivity index (χ2n) is 1.35. The summed E-state index contributed by atoms with van der Waals surface area (Å²) >= 11 is 0. The second kappa shape index (κ2) is 3.77. The van der Waals surface area contributed by atoms with Crippen molar-refractivity contribution in [2.75, 3.05) is 7.05 Å². The van der Waals surface area contributed by atoms with Gasteiger partial charge in [-0.15, -0.1) is 0 Å². The molecule has 0 amide bonds. The van der Waals surface area contributed by atoms with Crippen LogP contribution in [0.1, 0.15) is 6.92 Å². The summed E-state index contributed by atoms with van der Waals surface area (Å²) in [7, 11) is 1.78. The zero-order valence-corrected chi connectivity index (χ0v) is 4.65. The Hall–Kier alpha value is -0.410. The highest BCUT2D eigenvalue weighted by atomic mass is 15.3. The summed E-state index contributed by atoms with van der Waals surface area (Å²) in [6.07, 6.45) is 1.33. The Labute approximate surface area is 43.6 Å². The first-order valence-electron chi connectivity index (χ1n) is 2.24. The van der Waals surface area contributed by atoms with Crippen molar-refractivity contribution < 1.29 is 0 Å². The van der Waals surface area contributed by atoms with Gasteiger partial charge in [0.2, 0.25) is 0 Å².